The Bertz CT molecular complexity index is 555. The molecule has 1 N–H and O–H groups in total. The highest BCUT2D eigenvalue weighted by Crippen LogP contribution is 2.16. The molecule has 0 aliphatic heterocycles. The van der Waals surface area contributed by atoms with Crippen LogP contribution in [0.25, 0.3) is 0 Å². The Morgan fingerprint density at radius 1 is 1.38 bits per heavy atom. The Balaban J connectivity index is 2.85. The molecule has 0 fully saturated rings. The Labute approximate surface area is 129 Å². The first kappa shape index (κ1) is 17.2. The van der Waals surface area contributed by atoms with Gasteiger partial charge in [-0.1, -0.05) is 18.8 Å². The van der Waals surface area contributed by atoms with Crippen molar-refractivity contribution in [3.8, 4) is 11.8 Å². The number of thiophene rings is 1. The van der Waals surface area contributed by atoms with Gasteiger partial charge in [0.05, 0.1) is 10.4 Å². The van der Waals surface area contributed by atoms with Crippen molar-refractivity contribution in [2.24, 2.45) is 0 Å². The minimum absolute atomic E-state index is 0.0766. The maximum Gasteiger partial charge on any atom is 0.255 e. The fraction of sp³-hybridized carbons (Fsp3) is 0.467. The lowest BCUT2D eigenvalue weighted by Gasteiger charge is -2.22. The van der Waals surface area contributed by atoms with E-state index in [-0.39, 0.29) is 25.0 Å². The van der Waals surface area contributed by atoms with Crippen LogP contribution in [0.2, 0.25) is 0 Å². The molecular weight excluding hydrogens is 288 g/mol. The molecule has 0 aromatic carbocycles. The average molecular weight is 308 g/mol. The van der Waals surface area contributed by atoms with E-state index in [0.717, 1.165) is 11.3 Å². The fourth-order valence-electron chi connectivity index (χ4n) is 1.65. The summed E-state index contributed by atoms with van der Waals surface area (Å²) in [6.07, 6.45) is 0.785. The number of nitrogens with zero attached hydrogens (tertiary/aromatic N) is 2. The zero-order chi connectivity index (χ0) is 15.8. The van der Waals surface area contributed by atoms with Gasteiger partial charge in [0, 0.05) is 26.0 Å². The molecule has 0 unspecified atom stereocenters. The molecule has 0 radical (unpaired) electrons. The van der Waals surface area contributed by atoms with E-state index in [0.29, 0.717) is 12.1 Å². The second kappa shape index (κ2) is 8.45. The zero-order valence-corrected chi connectivity index (χ0v) is 13.4. The second-order valence-corrected chi connectivity index (χ2v) is 5.59. The van der Waals surface area contributed by atoms with Gasteiger partial charge < -0.3 is 14.9 Å². The molecule has 1 rings (SSSR count). The Morgan fingerprint density at radius 2 is 2.10 bits per heavy atom. The summed E-state index contributed by atoms with van der Waals surface area (Å²) in [4.78, 5) is 28.0. The molecule has 1 aromatic rings. The molecule has 1 heterocycles. The minimum atomic E-state index is -0.208. The molecule has 0 aliphatic rings. The SMILES string of the molecule is CCCN(CC(=O)N(C)C)C(=O)c1csc(C#CCO)c1. The molecule has 0 aliphatic carbocycles. The van der Waals surface area contributed by atoms with Crippen molar-refractivity contribution in [1.82, 2.24) is 9.80 Å². The first-order valence-corrected chi connectivity index (χ1v) is 7.55. The van der Waals surface area contributed by atoms with Gasteiger partial charge in [0.2, 0.25) is 5.91 Å². The molecule has 0 saturated heterocycles. The van der Waals surface area contributed by atoms with E-state index in [1.54, 1.807) is 30.4 Å². The molecule has 6 heteroatoms. The summed E-state index contributed by atoms with van der Waals surface area (Å²) in [6, 6.07) is 1.69. The number of aliphatic hydroxyl groups is 1. The smallest absolute Gasteiger partial charge is 0.255 e. The summed E-state index contributed by atoms with van der Waals surface area (Å²) in [5, 5.41) is 10.4. The monoisotopic (exact) mass is 308 g/mol. The molecule has 0 atom stereocenters. The van der Waals surface area contributed by atoms with Gasteiger partial charge in [0.15, 0.2) is 0 Å². The molecule has 1 aromatic heterocycles. The van der Waals surface area contributed by atoms with E-state index < -0.39 is 0 Å². The average Bonchev–Trinajstić information content (AvgIpc) is 2.92. The van der Waals surface area contributed by atoms with Gasteiger partial charge in [-0.25, -0.2) is 0 Å². The summed E-state index contributed by atoms with van der Waals surface area (Å²) in [6.45, 7) is 2.37. The zero-order valence-electron chi connectivity index (χ0n) is 12.5. The molecule has 114 valence electrons. The normalized spacial score (nSPS) is 9.71. The molecule has 2 amide bonds. The summed E-state index contributed by atoms with van der Waals surface area (Å²) in [5.41, 5.74) is 0.530. The summed E-state index contributed by atoms with van der Waals surface area (Å²) in [7, 11) is 3.34. The molecule has 21 heavy (non-hydrogen) atoms. The van der Waals surface area contributed by atoms with Crippen LogP contribution in [0.3, 0.4) is 0 Å². The van der Waals surface area contributed by atoms with E-state index in [4.69, 9.17) is 5.11 Å². The molecule has 0 saturated carbocycles. The number of carbonyl (C=O) groups is 2. The highest BCUT2D eigenvalue weighted by atomic mass is 32.1. The maximum absolute atomic E-state index is 12.4. The first-order chi connectivity index (χ1) is 9.99. The van der Waals surface area contributed by atoms with Crippen LogP contribution in [-0.2, 0) is 4.79 Å². The third-order valence-electron chi connectivity index (χ3n) is 2.74. The Kier molecular flexibility index (Phi) is 6.92. The van der Waals surface area contributed by atoms with Gasteiger partial charge in [-0.2, -0.15) is 0 Å². The Hall–Kier alpha value is -1.84. The largest absolute Gasteiger partial charge is 0.384 e. The number of aliphatic hydroxyl groups excluding tert-OH is 1. The molecule has 0 bridgehead atoms. The lowest BCUT2D eigenvalue weighted by atomic mass is 10.2. The number of likely N-dealkylation sites (N-methyl/N-ethyl adjacent to an activating group) is 1. The number of hydrogen-bond acceptors (Lipinski definition) is 4. The molecular formula is C15H20N2O3S. The van der Waals surface area contributed by atoms with E-state index in [2.05, 4.69) is 11.8 Å². The van der Waals surface area contributed by atoms with Crippen molar-refractivity contribution in [1.29, 1.82) is 0 Å². The van der Waals surface area contributed by atoms with Crippen LogP contribution < -0.4 is 0 Å². The van der Waals surface area contributed by atoms with Crippen LogP contribution in [0, 0.1) is 11.8 Å². The summed E-state index contributed by atoms with van der Waals surface area (Å²) >= 11 is 1.35. The van der Waals surface area contributed by atoms with Gasteiger partial charge in [0.25, 0.3) is 5.91 Å². The van der Waals surface area contributed by atoms with Crippen molar-refractivity contribution < 1.29 is 14.7 Å². The van der Waals surface area contributed by atoms with Gasteiger partial charge in [-0.15, -0.1) is 11.3 Å². The predicted octanol–water partition coefficient (Wildman–Crippen LogP) is 1.03. The van der Waals surface area contributed by atoms with Gasteiger partial charge >= 0.3 is 0 Å². The highest BCUT2D eigenvalue weighted by molar-refractivity contribution is 7.10. The van der Waals surface area contributed by atoms with E-state index in [9.17, 15) is 9.59 Å². The van der Waals surface area contributed by atoms with Crippen LogP contribution in [0.4, 0.5) is 0 Å². The van der Waals surface area contributed by atoms with E-state index >= 15 is 0 Å². The van der Waals surface area contributed by atoms with Crippen LogP contribution in [0.5, 0.6) is 0 Å². The van der Waals surface area contributed by atoms with Crippen molar-refractivity contribution in [2.45, 2.75) is 13.3 Å². The van der Waals surface area contributed by atoms with Crippen molar-refractivity contribution in [3.05, 3.63) is 21.9 Å². The number of amides is 2. The van der Waals surface area contributed by atoms with Crippen LogP contribution in [-0.4, -0.2) is 60.5 Å². The van der Waals surface area contributed by atoms with Crippen molar-refractivity contribution in [2.75, 3.05) is 33.8 Å². The lowest BCUT2D eigenvalue weighted by molar-refractivity contribution is -0.129. The number of carbonyl (C=O) groups excluding carboxylic acids is 2. The fourth-order valence-corrected chi connectivity index (χ4v) is 2.40. The molecule has 5 nitrogen and oxygen atoms in total. The standard InChI is InChI=1S/C15H20N2O3S/c1-4-7-17(10-14(19)16(2)3)15(20)12-9-13(21-11-12)6-5-8-18/h9,11,18H,4,7-8,10H2,1-3H3. The number of hydrogen-bond donors (Lipinski definition) is 1. The molecule has 0 spiro atoms. The first-order valence-electron chi connectivity index (χ1n) is 6.67. The van der Waals surface area contributed by atoms with Crippen LogP contribution in [0.15, 0.2) is 11.4 Å². The third-order valence-corrected chi connectivity index (χ3v) is 3.59. The van der Waals surface area contributed by atoms with Crippen molar-refractivity contribution >= 4 is 23.2 Å². The summed E-state index contributed by atoms with van der Waals surface area (Å²) < 4.78 is 0. The Morgan fingerprint density at radius 3 is 2.67 bits per heavy atom. The topological polar surface area (TPSA) is 60.9 Å². The highest BCUT2D eigenvalue weighted by Gasteiger charge is 2.19. The third kappa shape index (κ3) is 5.21. The second-order valence-electron chi connectivity index (χ2n) is 4.67. The lowest BCUT2D eigenvalue weighted by Crippen LogP contribution is -2.40. The summed E-state index contributed by atoms with van der Waals surface area (Å²) in [5.74, 6) is 5.05. The predicted molar refractivity (Wildman–Crippen MR) is 83.2 cm³/mol. The maximum atomic E-state index is 12.4. The quantitative estimate of drug-likeness (QED) is 0.827. The van der Waals surface area contributed by atoms with E-state index in [1.165, 1.54) is 16.2 Å². The van der Waals surface area contributed by atoms with Crippen LogP contribution >= 0.6 is 11.3 Å². The van der Waals surface area contributed by atoms with Crippen molar-refractivity contribution in [3.63, 3.8) is 0 Å². The van der Waals surface area contributed by atoms with Gasteiger partial charge in [-0.05, 0) is 12.5 Å². The van der Waals surface area contributed by atoms with E-state index in [1.807, 2.05) is 6.92 Å². The van der Waals surface area contributed by atoms with Gasteiger partial charge in [-0.3, -0.25) is 9.59 Å². The number of rotatable bonds is 5. The van der Waals surface area contributed by atoms with Crippen LogP contribution in [0.1, 0.15) is 28.6 Å². The minimum Gasteiger partial charge on any atom is -0.384 e. The van der Waals surface area contributed by atoms with Gasteiger partial charge in [0.1, 0.15) is 13.2 Å².